The van der Waals surface area contributed by atoms with Crippen LogP contribution in [0.3, 0.4) is 0 Å². The van der Waals surface area contributed by atoms with E-state index in [2.05, 4.69) is 20.8 Å². The Bertz CT molecular complexity index is 942. The maximum Gasteiger partial charge on any atom is 0.318 e. The van der Waals surface area contributed by atoms with E-state index in [0.29, 0.717) is 12.2 Å². The normalized spacial score (nSPS) is 27.2. The molecule has 0 saturated heterocycles. The summed E-state index contributed by atoms with van der Waals surface area (Å²) in [5.74, 6) is 0.147. The number of carbonyl (C=O) groups is 2. The maximum absolute atomic E-state index is 13.3. The quantitative estimate of drug-likeness (QED) is 0.391. The molecule has 150 valence electrons. The van der Waals surface area contributed by atoms with Gasteiger partial charge in [-0.2, -0.15) is 0 Å². The van der Waals surface area contributed by atoms with Gasteiger partial charge in [0.1, 0.15) is 5.75 Å². The number of allylic oxidation sites excluding steroid dienone is 1. The second-order valence-corrected chi connectivity index (χ2v) is 9.13. The zero-order chi connectivity index (χ0) is 20.6. The molecule has 4 rings (SSSR count). The zero-order valence-corrected chi connectivity index (χ0v) is 17.4. The van der Waals surface area contributed by atoms with E-state index >= 15 is 0 Å². The number of benzene rings is 2. The van der Waals surface area contributed by atoms with Gasteiger partial charge in [0.2, 0.25) is 0 Å². The molecule has 2 aromatic carbocycles. The predicted molar refractivity (Wildman–Crippen MR) is 113 cm³/mol. The lowest BCUT2D eigenvalue weighted by atomic mass is 9.70. The molecule has 0 amide bonds. The number of rotatable bonds is 5. The number of fused-ring (bicyclic) bond motifs is 2. The summed E-state index contributed by atoms with van der Waals surface area (Å²) in [7, 11) is 0. The topological polar surface area (TPSA) is 43.4 Å². The van der Waals surface area contributed by atoms with Crippen LogP contribution < -0.4 is 4.74 Å². The lowest BCUT2D eigenvalue weighted by Crippen LogP contribution is -2.32. The first-order valence-corrected chi connectivity index (χ1v) is 10.4. The molecule has 0 N–H and O–H groups in total. The van der Waals surface area contributed by atoms with Gasteiger partial charge < -0.3 is 4.74 Å². The van der Waals surface area contributed by atoms with Gasteiger partial charge in [-0.3, -0.25) is 9.59 Å². The summed E-state index contributed by atoms with van der Waals surface area (Å²) in [6.07, 6.45) is 4.37. The lowest BCUT2D eigenvalue weighted by molar-refractivity contribution is -0.137. The predicted octanol–water partition coefficient (Wildman–Crippen LogP) is 5.40. The Kier molecular flexibility index (Phi) is 4.94. The second-order valence-electron chi connectivity index (χ2n) is 9.13. The summed E-state index contributed by atoms with van der Waals surface area (Å²) in [6.45, 7) is 6.47. The largest absolute Gasteiger partial charge is 0.426 e. The summed E-state index contributed by atoms with van der Waals surface area (Å²) in [6, 6.07) is 19.0. The lowest BCUT2D eigenvalue weighted by Gasteiger charge is -2.31. The Labute approximate surface area is 172 Å². The fraction of sp³-hybridized carbons (Fsp3) is 0.385. The van der Waals surface area contributed by atoms with Crippen molar-refractivity contribution in [2.45, 2.75) is 40.0 Å². The Morgan fingerprint density at radius 2 is 1.69 bits per heavy atom. The maximum atomic E-state index is 13.3. The molecule has 2 aromatic rings. The Hall–Kier alpha value is -2.68. The number of hydrogen-bond donors (Lipinski definition) is 0. The molecule has 2 saturated carbocycles. The molecular formula is C26H28O3. The van der Waals surface area contributed by atoms with Gasteiger partial charge in [-0.15, -0.1) is 0 Å². The van der Waals surface area contributed by atoms with Gasteiger partial charge in [0.15, 0.2) is 5.78 Å². The first-order chi connectivity index (χ1) is 13.8. The molecular weight excluding hydrogens is 360 g/mol. The number of carbonyl (C=O) groups excluding carboxylic acids is 2. The second kappa shape index (κ2) is 7.29. The molecule has 3 atom stereocenters. The molecule has 29 heavy (non-hydrogen) atoms. The van der Waals surface area contributed by atoms with Gasteiger partial charge in [-0.05, 0) is 53.9 Å². The highest BCUT2D eigenvalue weighted by Crippen LogP contribution is 2.65. The van der Waals surface area contributed by atoms with E-state index in [1.165, 1.54) is 0 Å². The fourth-order valence-electron chi connectivity index (χ4n) is 5.10. The van der Waals surface area contributed by atoms with Crippen molar-refractivity contribution in [3.05, 3.63) is 77.9 Å². The molecule has 0 unspecified atom stereocenters. The fourth-order valence-corrected chi connectivity index (χ4v) is 5.10. The van der Waals surface area contributed by atoms with Gasteiger partial charge in [-0.1, -0.05) is 75.4 Å². The molecule has 3 heteroatoms. The van der Waals surface area contributed by atoms with E-state index in [4.69, 9.17) is 4.74 Å². The van der Waals surface area contributed by atoms with Crippen LogP contribution in [0.4, 0.5) is 0 Å². The number of ketones is 1. The Balaban J connectivity index is 1.66. The van der Waals surface area contributed by atoms with E-state index in [-0.39, 0.29) is 28.5 Å². The highest BCUT2D eigenvalue weighted by Gasteiger charge is 2.64. The van der Waals surface area contributed by atoms with Crippen LogP contribution >= 0.6 is 0 Å². The molecule has 0 aliphatic heterocycles. The number of ether oxygens (including phenoxy) is 1. The van der Waals surface area contributed by atoms with Crippen LogP contribution in [-0.2, 0) is 16.0 Å². The third-order valence-corrected chi connectivity index (χ3v) is 7.31. The van der Waals surface area contributed by atoms with E-state index in [0.717, 1.165) is 24.0 Å². The van der Waals surface area contributed by atoms with Crippen molar-refractivity contribution >= 4 is 11.8 Å². The average Bonchev–Trinajstić information content (AvgIpc) is 3.02. The number of Topliss-reactive ketones (excluding diaryl/α,β-unsaturated/α-hetero) is 1. The van der Waals surface area contributed by atoms with Crippen molar-refractivity contribution in [2.75, 3.05) is 0 Å². The summed E-state index contributed by atoms with van der Waals surface area (Å²) >= 11 is 0. The highest BCUT2D eigenvalue weighted by atomic mass is 16.5. The van der Waals surface area contributed by atoms with Crippen LogP contribution in [0.2, 0.25) is 0 Å². The van der Waals surface area contributed by atoms with Crippen LogP contribution in [0.1, 0.15) is 39.2 Å². The summed E-state index contributed by atoms with van der Waals surface area (Å²) in [5.41, 5.74) is 1.48. The Morgan fingerprint density at radius 1 is 1.07 bits per heavy atom. The Morgan fingerprint density at radius 3 is 2.28 bits per heavy atom. The highest BCUT2D eigenvalue weighted by molar-refractivity contribution is 6.05. The summed E-state index contributed by atoms with van der Waals surface area (Å²) in [4.78, 5) is 26.3. The minimum absolute atomic E-state index is 0.0729. The monoisotopic (exact) mass is 388 g/mol. The van der Waals surface area contributed by atoms with E-state index in [9.17, 15) is 9.59 Å². The van der Waals surface area contributed by atoms with E-state index < -0.39 is 5.92 Å². The molecule has 0 radical (unpaired) electrons. The first-order valence-electron chi connectivity index (χ1n) is 10.4. The van der Waals surface area contributed by atoms with Crippen molar-refractivity contribution in [3.8, 4) is 5.75 Å². The minimum atomic E-state index is -0.490. The third kappa shape index (κ3) is 3.33. The van der Waals surface area contributed by atoms with Crippen molar-refractivity contribution in [1.82, 2.24) is 0 Å². The third-order valence-electron chi connectivity index (χ3n) is 7.31. The molecule has 0 heterocycles. The van der Waals surface area contributed by atoms with Crippen LogP contribution in [0.25, 0.3) is 0 Å². The molecule has 0 aromatic heterocycles. The molecule has 0 spiro atoms. The van der Waals surface area contributed by atoms with Crippen molar-refractivity contribution in [2.24, 2.45) is 22.7 Å². The average molecular weight is 389 g/mol. The van der Waals surface area contributed by atoms with Crippen molar-refractivity contribution in [1.29, 1.82) is 0 Å². The van der Waals surface area contributed by atoms with Crippen LogP contribution in [-0.4, -0.2) is 11.8 Å². The number of esters is 1. The van der Waals surface area contributed by atoms with Crippen LogP contribution in [0.5, 0.6) is 5.75 Å². The van der Waals surface area contributed by atoms with Gasteiger partial charge in [0.25, 0.3) is 0 Å². The zero-order valence-electron chi connectivity index (χ0n) is 17.4. The number of para-hydroxylation sites is 1. The smallest absolute Gasteiger partial charge is 0.318 e. The minimum Gasteiger partial charge on any atom is -0.426 e. The molecule has 3 nitrogen and oxygen atoms in total. The van der Waals surface area contributed by atoms with Gasteiger partial charge in [0, 0.05) is 5.41 Å². The van der Waals surface area contributed by atoms with E-state index in [1.54, 1.807) is 12.1 Å². The van der Waals surface area contributed by atoms with Crippen LogP contribution in [0.15, 0.2) is 72.3 Å². The molecule has 2 aliphatic carbocycles. The van der Waals surface area contributed by atoms with E-state index in [1.807, 2.05) is 54.6 Å². The van der Waals surface area contributed by atoms with Crippen molar-refractivity contribution in [3.63, 3.8) is 0 Å². The first kappa shape index (κ1) is 19.6. The van der Waals surface area contributed by atoms with Gasteiger partial charge in [0.05, 0.1) is 5.92 Å². The molecule has 2 aliphatic rings. The number of hydrogen-bond acceptors (Lipinski definition) is 3. The molecule has 2 bridgehead atoms. The standard InChI is InChI=1S/C26H28O3/c1-25(2)22-14-15-26(25,3)23(27)21(22)17-19(16-18-10-6-4-7-11-18)24(28)29-20-12-8-5-9-13-20/h4-13,17,19,22H,14-16H2,1-3H3/t19-,22+,26+/m1/s1. The summed E-state index contributed by atoms with van der Waals surface area (Å²) in [5, 5.41) is 0. The summed E-state index contributed by atoms with van der Waals surface area (Å²) < 4.78 is 5.66. The van der Waals surface area contributed by atoms with Crippen LogP contribution in [0, 0.1) is 22.7 Å². The SMILES string of the molecule is CC1(C)[C@H]2CC[C@@]1(C)C(=O)C2=C[C@@H](Cc1ccccc1)C(=O)Oc1ccccc1. The van der Waals surface area contributed by atoms with Gasteiger partial charge in [-0.25, -0.2) is 0 Å². The molecule has 2 fully saturated rings. The van der Waals surface area contributed by atoms with Gasteiger partial charge >= 0.3 is 5.97 Å². The van der Waals surface area contributed by atoms with Crippen molar-refractivity contribution < 1.29 is 14.3 Å².